The van der Waals surface area contributed by atoms with Crippen molar-refractivity contribution in [1.82, 2.24) is 14.9 Å². The molecule has 0 saturated carbocycles. The topological polar surface area (TPSA) is 94.6 Å². The molecule has 2 heterocycles. The summed E-state index contributed by atoms with van der Waals surface area (Å²) in [6, 6.07) is 0. The van der Waals surface area contributed by atoms with Crippen molar-refractivity contribution in [1.29, 1.82) is 0 Å². The van der Waals surface area contributed by atoms with Gasteiger partial charge in [0, 0.05) is 19.2 Å². The molecule has 12 heteroatoms. The lowest BCUT2D eigenvalue weighted by Crippen LogP contribution is -2.36. The van der Waals surface area contributed by atoms with Crippen molar-refractivity contribution in [2.45, 2.75) is 57.2 Å². The van der Waals surface area contributed by atoms with Gasteiger partial charge in [0.1, 0.15) is 31.1 Å². The summed E-state index contributed by atoms with van der Waals surface area (Å²) in [6.45, 7) is 2.59. The lowest BCUT2D eigenvalue weighted by Gasteiger charge is -2.19. The lowest BCUT2D eigenvalue weighted by molar-refractivity contribution is -0.139. The van der Waals surface area contributed by atoms with Crippen molar-refractivity contribution >= 4 is 17.4 Å². The van der Waals surface area contributed by atoms with E-state index in [1.165, 1.54) is 0 Å². The molecule has 0 amide bonds. The van der Waals surface area contributed by atoms with Gasteiger partial charge in [-0.2, -0.15) is 13.2 Å². The highest BCUT2D eigenvalue weighted by Crippen LogP contribution is 2.32. The van der Waals surface area contributed by atoms with Gasteiger partial charge in [-0.25, -0.2) is 4.79 Å². The number of aromatic amines is 1. The summed E-state index contributed by atoms with van der Waals surface area (Å²) in [4.78, 5) is 25.3. The van der Waals surface area contributed by atoms with Crippen LogP contribution >= 0.6 is 12.2 Å². The molecule has 0 aromatic carbocycles. The molecule has 0 aliphatic carbocycles. The Morgan fingerprint density at radius 3 is 2.84 bits per heavy atom. The van der Waals surface area contributed by atoms with Crippen LogP contribution in [0.3, 0.4) is 0 Å². The normalized spacial score (nSPS) is 20.9. The fraction of sp³-hybridized carbons (Fsp3) is 0.632. The van der Waals surface area contributed by atoms with Crippen LogP contribution in [0.15, 0.2) is 15.8 Å². The van der Waals surface area contributed by atoms with Crippen LogP contribution in [0.2, 0.25) is 0 Å². The van der Waals surface area contributed by atoms with Crippen molar-refractivity contribution in [2.75, 3.05) is 19.8 Å². The maximum absolute atomic E-state index is 13.1. The second-order valence-corrected chi connectivity index (χ2v) is 7.23. The SMILES string of the molecule is C#CCO[C@H]1C[C@H](n2cc(C(F)(F)F)c(=O)[nH]c2=O)O[C@@H]1COC(=S)NCCCCC. The summed E-state index contributed by atoms with van der Waals surface area (Å²) >= 11 is 5.10. The molecule has 1 saturated heterocycles. The predicted molar refractivity (Wildman–Crippen MR) is 110 cm³/mol. The second-order valence-electron chi connectivity index (χ2n) is 6.86. The Labute approximate surface area is 182 Å². The molecule has 0 spiro atoms. The highest BCUT2D eigenvalue weighted by molar-refractivity contribution is 7.80. The van der Waals surface area contributed by atoms with Gasteiger partial charge in [0.05, 0.1) is 6.10 Å². The van der Waals surface area contributed by atoms with Gasteiger partial charge in [0.25, 0.3) is 10.7 Å². The first-order valence-electron chi connectivity index (χ1n) is 9.71. The molecule has 1 aliphatic rings. The molecule has 0 unspecified atom stereocenters. The van der Waals surface area contributed by atoms with Gasteiger partial charge in [-0.05, 0) is 18.6 Å². The van der Waals surface area contributed by atoms with E-state index in [4.69, 9.17) is 32.9 Å². The van der Waals surface area contributed by atoms with Crippen LogP contribution < -0.4 is 16.6 Å². The minimum absolute atomic E-state index is 0.0235. The fourth-order valence-electron chi connectivity index (χ4n) is 3.03. The van der Waals surface area contributed by atoms with E-state index in [1.807, 2.05) is 0 Å². The van der Waals surface area contributed by atoms with Crippen LogP contribution in [0.5, 0.6) is 0 Å². The van der Waals surface area contributed by atoms with Crippen molar-refractivity contribution in [3.63, 3.8) is 0 Å². The Morgan fingerprint density at radius 2 is 2.19 bits per heavy atom. The third-order valence-corrected chi connectivity index (χ3v) is 4.84. The minimum Gasteiger partial charge on any atom is -0.468 e. The standard InChI is InChI=1S/C19H24F3N3O5S/c1-3-5-6-7-23-18(31)29-11-14-13(28-8-4-2)9-15(30-14)25-10-12(19(20,21)22)16(26)24-17(25)27/h2,10,13-15H,3,5-9,11H2,1H3,(H,23,31)(H,24,26,27)/t13-,14+,15+/m0/s1. The molecule has 2 N–H and O–H groups in total. The zero-order valence-corrected chi connectivity index (χ0v) is 17.7. The van der Waals surface area contributed by atoms with Crippen molar-refractivity contribution in [2.24, 2.45) is 0 Å². The van der Waals surface area contributed by atoms with Gasteiger partial charge < -0.3 is 19.5 Å². The van der Waals surface area contributed by atoms with E-state index in [2.05, 4.69) is 18.2 Å². The quantitative estimate of drug-likeness (QED) is 0.328. The molecule has 2 rings (SSSR count). The van der Waals surface area contributed by atoms with Gasteiger partial charge >= 0.3 is 11.9 Å². The molecule has 1 aromatic rings. The van der Waals surface area contributed by atoms with E-state index in [0.29, 0.717) is 17.3 Å². The molecular formula is C19H24F3N3O5S. The first-order chi connectivity index (χ1) is 14.7. The number of hydrogen-bond acceptors (Lipinski definition) is 6. The molecule has 172 valence electrons. The number of H-pyrrole nitrogens is 1. The van der Waals surface area contributed by atoms with E-state index in [9.17, 15) is 22.8 Å². The summed E-state index contributed by atoms with van der Waals surface area (Å²) in [5.41, 5.74) is -4.06. The number of nitrogens with zero attached hydrogens (tertiary/aromatic N) is 1. The second kappa shape index (κ2) is 11.3. The number of alkyl halides is 3. The number of ether oxygens (including phenoxy) is 3. The average molecular weight is 463 g/mol. The zero-order valence-electron chi connectivity index (χ0n) is 16.9. The van der Waals surface area contributed by atoms with E-state index in [1.54, 1.807) is 4.98 Å². The lowest BCUT2D eigenvalue weighted by atomic mass is 10.2. The molecule has 31 heavy (non-hydrogen) atoms. The third-order valence-electron chi connectivity index (χ3n) is 4.57. The largest absolute Gasteiger partial charge is 0.468 e. The minimum atomic E-state index is -4.93. The number of thiocarbonyl (C=S) groups is 1. The summed E-state index contributed by atoms with van der Waals surface area (Å²) in [5.74, 6) is 2.30. The number of hydrogen-bond donors (Lipinski definition) is 2. The van der Waals surface area contributed by atoms with E-state index in [0.717, 1.165) is 19.3 Å². The molecular weight excluding hydrogens is 439 g/mol. The van der Waals surface area contributed by atoms with Crippen LogP contribution in [-0.4, -0.2) is 46.7 Å². The van der Waals surface area contributed by atoms with Crippen LogP contribution in [0.25, 0.3) is 0 Å². The number of terminal acetylenes is 1. The van der Waals surface area contributed by atoms with Crippen LogP contribution in [0.4, 0.5) is 13.2 Å². The number of aromatic nitrogens is 2. The predicted octanol–water partition coefficient (Wildman–Crippen LogP) is 1.94. The molecule has 1 aliphatic heterocycles. The molecule has 1 aromatic heterocycles. The first kappa shape index (κ1) is 24.9. The average Bonchev–Trinajstić information content (AvgIpc) is 3.09. The maximum atomic E-state index is 13.1. The first-order valence-corrected chi connectivity index (χ1v) is 10.1. The van der Waals surface area contributed by atoms with Gasteiger partial charge in [0.2, 0.25) is 0 Å². The maximum Gasteiger partial charge on any atom is 0.423 e. The fourth-order valence-corrected chi connectivity index (χ4v) is 3.20. The Balaban J connectivity index is 2.11. The van der Waals surface area contributed by atoms with E-state index < -0.39 is 41.4 Å². The van der Waals surface area contributed by atoms with Crippen LogP contribution in [-0.2, 0) is 20.4 Å². The number of rotatable bonds is 9. The Morgan fingerprint density at radius 1 is 1.45 bits per heavy atom. The van der Waals surface area contributed by atoms with Crippen molar-refractivity contribution in [3.8, 4) is 12.3 Å². The molecule has 8 nitrogen and oxygen atoms in total. The van der Waals surface area contributed by atoms with Gasteiger partial charge in [-0.15, -0.1) is 6.42 Å². The van der Waals surface area contributed by atoms with Gasteiger partial charge in [-0.3, -0.25) is 14.3 Å². The summed E-state index contributed by atoms with van der Waals surface area (Å²) in [6.07, 6.45) is 1.24. The Hall–Kier alpha value is -2.36. The van der Waals surface area contributed by atoms with Gasteiger partial charge in [0.15, 0.2) is 0 Å². The van der Waals surface area contributed by atoms with Crippen molar-refractivity contribution < 1.29 is 27.4 Å². The highest BCUT2D eigenvalue weighted by atomic mass is 32.1. The van der Waals surface area contributed by atoms with Crippen LogP contribution in [0, 0.1) is 12.3 Å². The van der Waals surface area contributed by atoms with E-state index in [-0.39, 0.29) is 24.8 Å². The molecule has 0 radical (unpaired) electrons. The smallest absolute Gasteiger partial charge is 0.423 e. The summed E-state index contributed by atoms with van der Waals surface area (Å²) in [7, 11) is 0. The molecule has 1 fully saturated rings. The molecule has 0 bridgehead atoms. The number of nitrogens with one attached hydrogen (secondary N) is 2. The van der Waals surface area contributed by atoms with Crippen molar-refractivity contribution in [3.05, 3.63) is 32.6 Å². The molecule has 3 atom stereocenters. The van der Waals surface area contributed by atoms with Crippen LogP contribution in [0.1, 0.15) is 44.4 Å². The number of unbranched alkanes of at least 4 members (excludes halogenated alkanes) is 2. The third kappa shape index (κ3) is 7.09. The summed E-state index contributed by atoms with van der Waals surface area (Å²) in [5, 5.41) is 3.09. The van der Waals surface area contributed by atoms with E-state index >= 15 is 0 Å². The monoisotopic (exact) mass is 463 g/mol. The highest BCUT2D eigenvalue weighted by Gasteiger charge is 2.40. The Bertz CT molecular complexity index is 909. The zero-order chi connectivity index (χ0) is 23.0. The number of halogens is 3. The van der Waals surface area contributed by atoms with Gasteiger partial charge in [-0.1, -0.05) is 25.7 Å². The summed E-state index contributed by atoms with van der Waals surface area (Å²) < 4.78 is 56.5. The Kier molecular flexibility index (Phi) is 9.09.